The van der Waals surface area contributed by atoms with E-state index in [9.17, 15) is 39.2 Å². The lowest BCUT2D eigenvalue weighted by atomic mass is 9.74. The fourth-order valence-corrected chi connectivity index (χ4v) is 11.0. The number of carbonyl (C=O) groups excluding carboxylic acids is 3. The largest absolute Gasteiger partial charge is 0.448 e. The van der Waals surface area contributed by atoms with Crippen molar-refractivity contribution in [1.29, 1.82) is 0 Å². The number of amides is 1. The summed E-state index contributed by atoms with van der Waals surface area (Å²) >= 11 is 1.75. The van der Waals surface area contributed by atoms with Crippen molar-refractivity contribution in [1.82, 2.24) is 20.2 Å². The minimum atomic E-state index is -2.03. The molecule has 0 spiro atoms. The Hall–Kier alpha value is -2.87. The van der Waals surface area contributed by atoms with Crippen molar-refractivity contribution in [2.75, 3.05) is 34.5 Å². The number of nitrogens with zero attached hydrogens (tertiary/aromatic N) is 3. The highest BCUT2D eigenvalue weighted by Gasteiger charge is 2.53. The third kappa shape index (κ3) is 14.1. The Bertz CT molecular complexity index is 2050. The summed E-state index contributed by atoms with van der Waals surface area (Å²) < 4.78 is 57.7. The van der Waals surface area contributed by atoms with E-state index in [1.165, 1.54) is 34.4 Å². The van der Waals surface area contributed by atoms with E-state index in [0.717, 1.165) is 11.1 Å². The summed E-state index contributed by atoms with van der Waals surface area (Å²) in [5, 5.41) is 47.9. The van der Waals surface area contributed by atoms with Gasteiger partial charge in [-0.25, -0.2) is 14.4 Å². The average molecular weight is 1120 g/mol. The molecule has 71 heavy (non-hydrogen) atoms. The molecule has 4 heterocycles. The van der Waals surface area contributed by atoms with Gasteiger partial charge in [0.2, 0.25) is 5.91 Å². The quantitative estimate of drug-likeness (QED) is 0.0910. The molecule has 1 aromatic heterocycles. The molecule has 1 aromatic carbocycles. The number of benzene rings is 1. The standard InChI is InChI=1S/C51H78FIN4O14/c1-27-21-50(8,66-12)46(30(4)43(69-40-22-49(7,65-11)45(62)32(6)68-40)31(5)47(63)71-48(53)51(9,64)44(61)29(3)41(27)59)70-39-20-36(19-28(2)67-39)57(10)18-17-38(58)56-37(23-52)42(60)34-15-13-33(14-16-34)35-24-54-26-55-25-35/h13-16,24-32,36-37,39-40,42-46,48,60-62,64H,17-23H2,1-12H3,(H,56,58)/t27-,28-,29+,30+,31-,32+,36+,37-,39+,40+,42-,43+,44-,45+,46-,48+,49-,50-,51+/m1/s1. The first-order chi connectivity index (χ1) is 33.3. The topological polar surface area (TPSA) is 238 Å². The van der Waals surface area contributed by atoms with Crippen LogP contribution < -0.4 is 5.32 Å². The van der Waals surface area contributed by atoms with Gasteiger partial charge in [0.1, 0.15) is 36.6 Å². The maximum absolute atomic E-state index is 14.4. The number of aliphatic hydroxyl groups is 4. The highest BCUT2D eigenvalue weighted by Crippen LogP contribution is 2.42. The third-order valence-electron chi connectivity index (χ3n) is 15.2. The molecule has 0 unspecified atom stereocenters. The van der Waals surface area contributed by atoms with Crippen molar-refractivity contribution in [3.05, 3.63) is 48.5 Å². The van der Waals surface area contributed by atoms with Crippen LogP contribution in [0.15, 0.2) is 43.0 Å². The second-order valence-electron chi connectivity index (χ2n) is 20.7. The number of esters is 1. The van der Waals surface area contributed by atoms with Crippen LogP contribution in [0.2, 0.25) is 0 Å². The van der Waals surface area contributed by atoms with Crippen LogP contribution in [0.25, 0.3) is 11.1 Å². The van der Waals surface area contributed by atoms with E-state index in [0.29, 0.717) is 18.4 Å². The van der Waals surface area contributed by atoms with Crippen molar-refractivity contribution in [2.24, 2.45) is 23.7 Å². The first kappa shape index (κ1) is 59.0. The average Bonchev–Trinajstić information content (AvgIpc) is 3.35. The molecular weight excluding hydrogens is 1040 g/mol. The summed E-state index contributed by atoms with van der Waals surface area (Å²) in [5.41, 5.74) is -2.33. The molecule has 0 bridgehead atoms. The van der Waals surface area contributed by atoms with E-state index in [1.54, 1.807) is 86.9 Å². The van der Waals surface area contributed by atoms with Crippen LogP contribution in [-0.4, -0.2) is 170 Å². The van der Waals surface area contributed by atoms with Gasteiger partial charge in [-0.2, -0.15) is 0 Å². The van der Waals surface area contributed by atoms with Gasteiger partial charge < -0.3 is 63.8 Å². The summed E-state index contributed by atoms with van der Waals surface area (Å²) in [4.78, 5) is 51.8. The first-order valence-electron chi connectivity index (χ1n) is 24.6. The lowest BCUT2D eigenvalue weighted by Gasteiger charge is -2.49. The van der Waals surface area contributed by atoms with Crippen LogP contribution in [-0.2, 0) is 47.5 Å². The Morgan fingerprint density at radius 3 is 2.14 bits per heavy atom. The highest BCUT2D eigenvalue weighted by atomic mass is 127. The van der Waals surface area contributed by atoms with Gasteiger partial charge in [-0.1, -0.05) is 45.0 Å². The number of hydrogen-bond donors (Lipinski definition) is 5. The predicted octanol–water partition coefficient (Wildman–Crippen LogP) is 4.86. The number of aromatic nitrogens is 2. The molecule has 2 aromatic rings. The van der Waals surface area contributed by atoms with Crippen molar-refractivity contribution in [3.8, 4) is 11.1 Å². The van der Waals surface area contributed by atoms with Gasteiger partial charge in [0, 0.05) is 81.8 Å². The van der Waals surface area contributed by atoms with Crippen LogP contribution in [0, 0.1) is 23.7 Å². The van der Waals surface area contributed by atoms with E-state index in [1.807, 2.05) is 32.7 Å². The summed E-state index contributed by atoms with van der Waals surface area (Å²) in [7, 11) is 4.88. The van der Waals surface area contributed by atoms with Gasteiger partial charge in [0.25, 0.3) is 0 Å². The number of hydrogen-bond acceptors (Lipinski definition) is 17. The smallest absolute Gasteiger partial charge is 0.312 e. The second-order valence-corrected chi connectivity index (χ2v) is 21.9. The molecule has 20 heteroatoms. The number of rotatable bonds is 15. The summed E-state index contributed by atoms with van der Waals surface area (Å²) in [6.07, 6.45) is -2.93. The Labute approximate surface area is 431 Å². The molecule has 400 valence electrons. The second kappa shape index (κ2) is 25.1. The number of carbonyl (C=O) groups is 3. The summed E-state index contributed by atoms with van der Waals surface area (Å²) in [5.74, 6) is -5.13. The van der Waals surface area contributed by atoms with Crippen molar-refractivity contribution >= 4 is 40.3 Å². The first-order valence-corrected chi connectivity index (χ1v) is 25.8. The van der Waals surface area contributed by atoms with E-state index in [4.69, 9.17) is 33.2 Å². The monoisotopic (exact) mass is 1120 g/mol. The molecule has 0 aliphatic carbocycles. The summed E-state index contributed by atoms with van der Waals surface area (Å²) in [6, 6.07) is 5.56. The molecule has 3 saturated heterocycles. The number of ketones is 1. The lowest BCUT2D eigenvalue weighted by molar-refractivity contribution is -0.309. The fourth-order valence-electron chi connectivity index (χ4n) is 10.4. The zero-order chi connectivity index (χ0) is 52.7. The number of cyclic esters (lactones) is 1. The van der Waals surface area contributed by atoms with Gasteiger partial charge in [0.05, 0.1) is 53.7 Å². The van der Waals surface area contributed by atoms with Crippen molar-refractivity contribution < 1.29 is 72.4 Å². The molecule has 5 rings (SSSR count). The molecule has 5 N–H and O–H groups in total. The van der Waals surface area contributed by atoms with Crippen molar-refractivity contribution in [3.63, 3.8) is 0 Å². The van der Waals surface area contributed by atoms with Crippen LogP contribution in [0.5, 0.6) is 0 Å². The van der Waals surface area contributed by atoms with Gasteiger partial charge >= 0.3 is 5.97 Å². The lowest BCUT2D eigenvalue weighted by Crippen LogP contribution is -2.60. The van der Waals surface area contributed by atoms with Crippen LogP contribution >= 0.6 is 22.6 Å². The van der Waals surface area contributed by atoms with E-state index in [2.05, 4.69) is 15.3 Å². The van der Waals surface area contributed by atoms with E-state index in [-0.39, 0.29) is 43.7 Å². The Morgan fingerprint density at radius 2 is 1.54 bits per heavy atom. The molecule has 1 amide bonds. The Balaban J connectivity index is 1.38. The number of ether oxygens (including phenoxy) is 7. The van der Waals surface area contributed by atoms with Crippen LogP contribution in [0.1, 0.15) is 106 Å². The third-order valence-corrected chi connectivity index (χ3v) is 16.7. The summed E-state index contributed by atoms with van der Waals surface area (Å²) in [6.45, 7) is 14.5. The minimum absolute atomic E-state index is 0.00584. The number of halogens is 2. The number of alkyl halides is 2. The molecule has 0 saturated carbocycles. The molecule has 3 aliphatic rings. The van der Waals surface area contributed by atoms with Crippen molar-refractivity contribution in [2.45, 2.75) is 183 Å². The fraction of sp³-hybridized carbons (Fsp3) is 0.745. The van der Waals surface area contributed by atoms with Crippen LogP contribution in [0.4, 0.5) is 4.39 Å². The normalized spacial score (nSPS) is 38.7. The van der Waals surface area contributed by atoms with Crippen LogP contribution in [0.3, 0.4) is 0 Å². The molecule has 19 atom stereocenters. The van der Waals surface area contributed by atoms with Gasteiger partial charge in [0.15, 0.2) is 16.7 Å². The van der Waals surface area contributed by atoms with Gasteiger partial charge in [-0.05, 0) is 95.1 Å². The zero-order valence-corrected chi connectivity index (χ0v) is 45.4. The SMILES string of the molecule is CO[C@]1(C)C[C@@H](C)C(=O)[C@H](C)[C@@H](O)[C@](C)(O)[C@@H](I)OC(=O)[C@H](C)[C@@H](O[C@H]2C[C@@](C)(OC)[C@@H](O)[C@H](C)O2)[C@H](C)[C@H]1O[C@H]1C[C@@H](N(C)CCC(=O)N[C@H](CF)[C@H](O)c2ccc(-c3cncnc3)cc2)C[C@@H](C)O1. The molecule has 18 nitrogen and oxygen atoms in total. The molecule has 3 aliphatic heterocycles. The number of Topliss-reactive ketones (excluding diaryl/α,β-unsaturated/α-hetero) is 1. The number of nitrogens with one attached hydrogen (secondary N) is 1. The highest BCUT2D eigenvalue weighted by molar-refractivity contribution is 14.1. The number of methoxy groups -OCH3 is 2. The maximum atomic E-state index is 14.4. The predicted molar refractivity (Wildman–Crippen MR) is 267 cm³/mol. The Kier molecular flexibility index (Phi) is 20.9. The maximum Gasteiger partial charge on any atom is 0.312 e. The minimum Gasteiger partial charge on any atom is -0.448 e. The number of aliphatic hydroxyl groups excluding tert-OH is 3. The zero-order valence-electron chi connectivity index (χ0n) is 43.2. The molecule has 3 fully saturated rings. The van der Waals surface area contributed by atoms with E-state index < -0.39 is 118 Å². The van der Waals surface area contributed by atoms with Gasteiger partial charge in [-0.15, -0.1) is 0 Å². The van der Waals surface area contributed by atoms with E-state index >= 15 is 0 Å². The van der Waals surface area contributed by atoms with Gasteiger partial charge in [-0.3, -0.25) is 14.4 Å². The molecular formula is C51H78FIN4O14. The molecule has 0 radical (unpaired) electrons. The Morgan fingerprint density at radius 1 is 0.901 bits per heavy atom.